The molecule has 0 bridgehead atoms. The molecule has 0 radical (unpaired) electrons. The molecule has 0 aliphatic heterocycles. The standard InChI is InChI=1S/C8H13N3O6S/c1-8(12,5-17-18(2,15)16)3-6-9-4-7(10-6)11(13)14/h4,12H,3,5H2,1-2H3,(H,9,10)/t8-/m0/s1. The molecule has 1 atom stereocenters. The van der Waals surface area contributed by atoms with Crippen LogP contribution in [0.1, 0.15) is 12.7 Å². The molecule has 0 saturated carbocycles. The monoisotopic (exact) mass is 279 g/mol. The molecule has 0 aliphatic carbocycles. The predicted octanol–water partition coefficient (Wildman–Crippen LogP) is -0.412. The van der Waals surface area contributed by atoms with Gasteiger partial charge in [0.05, 0.1) is 24.9 Å². The Labute approximate surface area is 103 Å². The van der Waals surface area contributed by atoms with E-state index < -0.39 is 27.2 Å². The summed E-state index contributed by atoms with van der Waals surface area (Å²) in [4.78, 5) is 15.8. The Morgan fingerprint density at radius 1 is 1.67 bits per heavy atom. The average molecular weight is 279 g/mol. The van der Waals surface area contributed by atoms with Crippen molar-refractivity contribution < 1.29 is 22.6 Å². The van der Waals surface area contributed by atoms with E-state index in [0.29, 0.717) is 0 Å². The Morgan fingerprint density at radius 3 is 2.72 bits per heavy atom. The van der Waals surface area contributed by atoms with Gasteiger partial charge in [0.2, 0.25) is 0 Å². The first-order chi connectivity index (χ1) is 8.09. The number of aliphatic hydroxyl groups is 1. The summed E-state index contributed by atoms with van der Waals surface area (Å²) in [5.74, 6) is -0.131. The van der Waals surface area contributed by atoms with Gasteiger partial charge in [-0.1, -0.05) is 0 Å². The molecule has 1 aromatic heterocycles. The van der Waals surface area contributed by atoms with Crippen LogP contribution in [-0.4, -0.2) is 46.9 Å². The van der Waals surface area contributed by atoms with Gasteiger partial charge in [-0.3, -0.25) is 4.18 Å². The van der Waals surface area contributed by atoms with Crippen molar-refractivity contribution in [3.8, 4) is 0 Å². The summed E-state index contributed by atoms with van der Waals surface area (Å²) in [7, 11) is -3.66. The molecule has 1 aromatic rings. The zero-order valence-corrected chi connectivity index (χ0v) is 10.6. The Morgan fingerprint density at radius 2 is 2.28 bits per heavy atom. The van der Waals surface area contributed by atoms with Crippen molar-refractivity contribution in [2.75, 3.05) is 12.9 Å². The third-order valence-electron chi connectivity index (χ3n) is 1.94. The number of H-pyrrole nitrogens is 1. The van der Waals surface area contributed by atoms with E-state index in [1.807, 2.05) is 0 Å². The van der Waals surface area contributed by atoms with Crippen LogP contribution in [0.4, 0.5) is 5.82 Å². The van der Waals surface area contributed by atoms with Crippen LogP contribution >= 0.6 is 0 Å². The normalized spacial score (nSPS) is 15.3. The number of aromatic nitrogens is 2. The van der Waals surface area contributed by atoms with Gasteiger partial charge >= 0.3 is 5.82 Å². The fourth-order valence-electron chi connectivity index (χ4n) is 1.18. The second-order valence-corrected chi connectivity index (χ2v) is 5.76. The van der Waals surface area contributed by atoms with Crippen molar-refractivity contribution in [1.82, 2.24) is 9.97 Å². The van der Waals surface area contributed by atoms with Crippen LogP contribution in [0.2, 0.25) is 0 Å². The Balaban J connectivity index is 2.66. The maximum Gasteiger partial charge on any atom is 0.340 e. The van der Waals surface area contributed by atoms with E-state index in [9.17, 15) is 23.6 Å². The molecule has 0 unspecified atom stereocenters. The predicted molar refractivity (Wildman–Crippen MR) is 60.4 cm³/mol. The summed E-state index contributed by atoms with van der Waals surface area (Å²) >= 11 is 0. The van der Waals surface area contributed by atoms with Crippen LogP contribution in [0.25, 0.3) is 0 Å². The van der Waals surface area contributed by atoms with E-state index in [0.717, 1.165) is 12.5 Å². The molecule has 1 rings (SSSR count). The maximum atomic E-state index is 10.8. The van der Waals surface area contributed by atoms with Gasteiger partial charge in [-0.2, -0.15) is 8.42 Å². The fraction of sp³-hybridized carbons (Fsp3) is 0.625. The highest BCUT2D eigenvalue weighted by molar-refractivity contribution is 7.85. The topological polar surface area (TPSA) is 135 Å². The summed E-state index contributed by atoms with van der Waals surface area (Å²) < 4.78 is 26.0. The number of hydrogen-bond acceptors (Lipinski definition) is 7. The van der Waals surface area contributed by atoms with E-state index >= 15 is 0 Å². The number of nitro groups is 1. The zero-order chi connectivity index (χ0) is 14.0. The third-order valence-corrected chi connectivity index (χ3v) is 2.49. The van der Waals surface area contributed by atoms with E-state index in [4.69, 9.17) is 0 Å². The third kappa shape index (κ3) is 4.77. The molecule has 0 spiro atoms. The summed E-state index contributed by atoms with van der Waals surface area (Å²) in [5, 5.41) is 20.3. The Hall–Kier alpha value is -1.52. The number of rotatable bonds is 6. The van der Waals surface area contributed by atoms with Crippen LogP contribution in [-0.2, 0) is 20.7 Å². The Bertz CT molecular complexity index is 535. The first-order valence-electron chi connectivity index (χ1n) is 4.84. The molecule has 18 heavy (non-hydrogen) atoms. The van der Waals surface area contributed by atoms with Gasteiger partial charge in [-0.15, -0.1) is 0 Å². The van der Waals surface area contributed by atoms with E-state index in [1.54, 1.807) is 0 Å². The number of aromatic amines is 1. The van der Waals surface area contributed by atoms with Crippen molar-refractivity contribution in [2.24, 2.45) is 0 Å². The van der Waals surface area contributed by atoms with Crippen LogP contribution < -0.4 is 0 Å². The quantitative estimate of drug-likeness (QED) is 0.410. The van der Waals surface area contributed by atoms with Crippen LogP contribution in [0.15, 0.2) is 6.20 Å². The van der Waals surface area contributed by atoms with Crippen molar-refractivity contribution in [3.05, 3.63) is 22.1 Å². The van der Waals surface area contributed by atoms with Gasteiger partial charge < -0.3 is 15.2 Å². The average Bonchev–Trinajstić information content (AvgIpc) is 2.62. The first-order valence-corrected chi connectivity index (χ1v) is 6.66. The van der Waals surface area contributed by atoms with Crippen molar-refractivity contribution in [1.29, 1.82) is 0 Å². The van der Waals surface area contributed by atoms with Gasteiger partial charge in [-0.05, 0) is 11.8 Å². The minimum atomic E-state index is -3.66. The molecule has 102 valence electrons. The lowest BCUT2D eigenvalue weighted by atomic mass is 10.0. The molecular weight excluding hydrogens is 266 g/mol. The zero-order valence-electron chi connectivity index (χ0n) is 9.78. The SMILES string of the molecule is C[C@@](O)(COS(C)(=O)=O)Cc1ncc([N+](=O)[O-])[nH]1. The highest BCUT2D eigenvalue weighted by Crippen LogP contribution is 2.14. The number of nitrogens with zero attached hydrogens (tertiary/aromatic N) is 2. The number of hydrogen-bond donors (Lipinski definition) is 2. The van der Waals surface area contributed by atoms with Gasteiger partial charge in [0.1, 0.15) is 6.20 Å². The van der Waals surface area contributed by atoms with Gasteiger partial charge in [-0.25, -0.2) is 9.97 Å². The van der Waals surface area contributed by atoms with Gasteiger partial charge in [0.25, 0.3) is 10.1 Å². The highest BCUT2D eigenvalue weighted by Gasteiger charge is 2.27. The van der Waals surface area contributed by atoms with Crippen molar-refractivity contribution in [2.45, 2.75) is 18.9 Å². The van der Waals surface area contributed by atoms with Crippen LogP contribution in [0.5, 0.6) is 0 Å². The summed E-state index contributed by atoms with van der Waals surface area (Å²) in [6.45, 7) is 0.882. The van der Waals surface area contributed by atoms with E-state index in [2.05, 4.69) is 14.2 Å². The Kier molecular flexibility index (Phi) is 4.04. The lowest BCUT2D eigenvalue weighted by Crippen LogP contribution is -2.34. The second-order valence-electron chi connectivity index (χ2n) is 4.11. The van der Waals surface area contributed by atoms with E-state index in [1.165, 1.54) is 6.92 Å². The smallest absolute Gasteiger partial charge is 0.340 e. The van der Waals surface area contributed by atoms with Crippen LogP contribution in [0, 0.1) is 10.1 Å². The molecule has 9 nitrogen and oxygen atoms in total. The second kappa shape index (κ2) is 5.00. The number of imidazole rings is 1. The highest BCUT2D eigenvalue weighted by atomic mass is 32.2. The first kappa shape index (κ1) is 14.5. The summed E-state index contributed by atoms with van der Waals surface area (Å²) in [6.07, 6.45) is 1.78. The maximum absolute atomic E-state index is 10.8. The largest absolute Gasteiger partial charge is 0.387 e. The molecule has 10 heteroatoms. The lowest BCUT2D eigenvalue weighted by molar-refractivity contribution is -0.389. The summed E-state index contributed by atoms with van der Waals surface area (Å²) in [5.41, 5.74) is -1.51. The molecular formula is C8H13N3O6S. The molecule has 0 saturated heterocycles. The van der Waals surface area contributed by atoms with Crippen molar-refractivity contribution >= 4 is 15.9 Å². The summed E-state index contributed by atoms with van der Waals surface area (Å²) in [6, 6.07) is 0. The molecule has 1 heterocycles. The molecule has 2 N–H and O–H groups in total. The van der Waals surface area contributed by atoms with Gasteiger partial charge in [0.15, 0.2) is 5.82 Å². The van der Waals surface area contributed by atoms with Crippen molar-refractivity contribution in [3.63, 3.8) is 0 Å². The van der Waals surface area contributed by atoms with Gasteiger partial charge in [0, 0.05) is 0 Å². The van der Waals surface area contributed by atoms with Crippen LogP contribution in [0.3, 0.4) is 0 Å². The molecule has 0 amide bonds. The molecule has 0 fully saturated rings. The van der Waals surface area contributed by atoms with E-state index in [-0.39, 0.29) is 18.1 Å². The minimum absolute atomic E-state index is 0.101. The lowest BCUT2D eigenvalue weighted by Gasteiger charge is -2.19. The fourth-order valence-corrected chi connectivity index (χ4v) is 1.65. The molecule has 0 aliphatic rings. The molecule has 0 aromatic carbocycles. The minimum Gasteiger partial charge on any atom is -0.387 e. The number of nitrogens with one attached hydrogen (secondary N) is 1.